The summed E-state index contributed by atoms with van der Waals surface area (Å²) >= 11 is 5.37. The van der Waals surface area contributed by atoms with Gasteiger partial charge in [0.25, 0.3) is 5.69 Å². The number of anilines is 1. The average molecular weight is 1270 g/mol. The molecule has 2 radical (unpaired) electrons. The maximum atomic E-state index is 12.4. The number of halogens is 2. The molecule has 0 saturated heterocycles. The summed E-state index contributed by atoms with van der Waals surface area (Å²) in [7, 11) is 0. The van der Waals surface area contributed by atoms with Gasteiger partial charge in [-0.1, -0.05) is 155 Å². The number of carbonyl (C=O) groups is 1. The molecule has 3 aliphatic rings. The van der Waals surface area contributed by atoms with Gasteiger partial charge >= 0.3 is 23.0 Å². The molecule has 8 rings (SSSR count). The van der Waals surface area contributed by atoms with Crippen molar-refractivity contribution < 1.29 is 104 Å². The molecule has 0 spiro atoms. The van der Waals surface area contributed by atoms with Crippen LogP contribution in [-0.4, -0.2) is 66.0 Å². The van der Waals surface area contributed by atoms with Crippen molar-refractivity contribution in [2.24, 2.45) is 41.2 Å². The van der Waals surface area contributed by atoms with Gasteiger partial charge in [0.2, 0.25) is 11.0 Å². The first-order chi connectivity index (χ1) is 37.1. The van der Waals surface area contributed by atoms with Crippen molar-refractivity contribution in [3.05, 3.63) is 143 Å². The van der Waals surface area contributed by atoms with E-state index in [1.54, 1.807) is 18.2 Å². The van der Waals surface area contributed by atoms with Crippen molar-refractivity contribution in [2.45, 2.75) is 139 Å². The van der Waals surface area contributed by atoms with E-state index in [1.807, 2.05) is 84.2 Å². The molecule has 23 heteroatoms. The zero-order valence-corrected chi connectivity index (χ0v) is 53.4. The number of carbonyl (C=O) groups excluding carboxylic acids is 2. The van der Waals surface area contributed by atoms with Crippen molar-refractivity contribution in [3.8, 4) is 0 Å². The molecule has 3 aromatic carbocycles. The van der Waals surface area contributed by atoms with Crippen LogP contribution < -0.4 is 16.7 Å². The van der Waals surface area contributed by atoms with E-state index in [9.17, 15) is 53.9 Å². The van der Waals surface area contributed by atoms with Crippen LogP contribution in [0.3, 0.4) is 0 Å². The number of benzene rings is 3. The number of imidazole rings is 1. The van der Waals surface area contributed by atoms with Gasteiger partial charge in [-0.2, -0.15) is 4.39 Å². The Kier molecular flexibility index (Phi) is 46.7. The molecule has 0 amide bonds. The molecule has 0 unspecified atom stereocenters. The number of rotatable bonds is 12. The molecule has 0 aliphatic heterocycles. The molecule has 432 valence electrons. The molecule has 3 fully saturated rings. The quantitative estimate of drug-likeness (QED) is 0.0391. The summed E-state index contributed by atoms with van der Waals surface area (Å²) < 4.78 is 14.2. The van der Waals surface area contributed by atoms with Crippen LogP contribution >= 0.6 is 11.6 Å². The van der Waals surface area contributed by atoms with E-state index in [0.717, 1.165) is 113 Å². The van der Waals surface area contributed by atoms with Crippen molar-refractivity contribution in [1.82, 2.24) is 14.5 Å². The Morgan fingerprint density at radius 2 is 1.13 bits per heavy atom. The van der Waals surface area contributed by atoms with E-state index < -0.39 is 27.3 Å². The number of hydrogen-bond acceptors (Lipinski definition) is 13. The van der Waals surface area contributed by atoms with E-state index in [0.29, 0.717) is 30.0 Å². The molecule has 79 heavy (non-hydrogen) atoms. The largest absolute Gasteiger partial charge is 0.542 e. The zero-order valence-electron chi connectivity index (χ0n) is 47.0. The van der Waals surface area contributed by atoms with Gasteiger partial charge in [0.05, 0.1) is 31.7 Å². The summed E-state index contributed by atoms with van der Waals surface area (Å²) in [5.41, 5.74) is 7.33. The smallest absolute Gasteiger partial charge is 0.326 e. The number of H-pyrrole nitrogens is 1. The number of fused-ring (bicyclic) bond motifs is 1. The Morgan fingerprint density at radius 1 is 0.684 bits per heavy atom. The van der Waals surface area contributed by atoms with E-state index in [4.69, 9.17) is 22.4 Å². The standard InChI is InChI=1S/C15H17N2O2.C14H17N2O3.C8H15NO2.C6H4FNO2.C5H3ClN2O2.4C2H6.2Y/c18-10-12-7-5-11(6-8-12)9-17-14-4-2-1-3-13(14)16-15(17)19;17-10-12-7-5-11(6-8-12)9-15-13-3-1-2-4-14(13)16(18)19;9-5-6-1-3-7(4-2-6)8(10)11;7-5-3-1-2-4-6(5)8(9)10;6-5-4(8(9)10)2-1-3-7-5;4*1-2;;/h1-4,11-12H,5-9H2,(H,16,19);1-4,11-12,15H,5-9H2;6-7H,1-5,9H2,(H,10,11);1-4H;1-3H;4*1-2H3;;/q2*-1;;;;;;;;;. The molecule has 3 saturated carbocycles. The number of nitrogens with zero attached hydrogens (tertiary/aromatic N) is 5. The minimum atomic E-state index is -0.799. The molecule has 0 atom stereocenters. The van der Waals surface area contributed by atoms with Crippen LogP contribution in [0.4, 0.5) is 27.1 Å². The van der Waals surface area contributed by atoms with Gasteiger partial charge in [-0.15, -0.1) is 11.8 Å². The van der Waals surface area contributed by atoms with Gasteiger partial charge in [-0.25, -0.2) is 9.78 Å². The Hall–Kier alpha value is -4.72. The van der Waals surface area contributed by atoms with E-state index in [1.165, 1.54) is 36.5 Å². The predicted molar refractivity (Wildman–Crippen MR) is 303 cm³/mol. The first-order valence-electron chi connectivity index (χ1n) is 26.6. The minimum Gasteiger partial charge on any atom is -0.542 e. The second-order valence-electron chi connectivity index (χ2n) is 17.0. The van der Waals surface area contributed by atoms with Crippen molar-refractivity contribution in [1.29, 1.82) is 0 Å². The molecule has 3 aliphatic carbocycles. The maximum Gasteiger partial charge on any atom is 0.326 e. The monoisotopic (exact) mass is 1270 g/mol. The number of nitro groups is 3. The molecule has 5 aromatic rings. The van der Waals surface area contributed by atoms with Gasteiger partial charge < -0.3 is 30.7 Å². The van der Waals surface area contributed by atoms with E-state index in [2.05, 4.69) is 27.9 Å². The Labute approximate surface area is 519 Å². The van der Waals surface area contributed by atoms with Crippen LogP contribution in [-0.2, 0) is 86.3 Å². The number of aromatic nitrogens is 3. The first kappa shape index (κ1) is 78.5. The van der Waals surface area contributed by atoms with E-state index >= 15 is 0 Å². The summed E-state index contributed by atoms with van der Waals surface area (Å²) in [4.78, 5) is 79.3. The van der Waals surface area contributed by atoms with Crippen molar-refractivity contribution in [2.75, 3.05) is 18.4 Å². The zero-order chi connectivity index (χ0) is 58.3. The number of carboxylic acid groups (broad SMARTS) is 1. The Balaban J connectivity index is -0.000000902. The third kappa shape index (κ3) is 29.5. The number of para-hydroxylation sites is 5. The summed E-state index contributed by atoms with van der Waals surface area (Å²) in [6.45, 7) is 18.2. The second-order valence-corrected chi connectivity index (χ2v) is 17.3. The number of nitrogens with two attached hydrogens (primary N) is 1. The van der Waals surface area contributed by atoms with Crippen LogP contribution in [0.2, 0.25) is 5.15 Å². The fourth-order valence-corrected chi connectivity index (χ4v) is 8.48. The van der Waals surface area contributed by atoms with Crippen LogP contribution in [0, 0.1) is 71.7 Å². The third-order valence-electron chi connectivity index (χ3n) is 12.3. The molecule has 0 bridgehead atoms. The van der Waals surface area contributed by atoms with Gasteiger partial charge in [-0.05, 0) is 80.3 Å². The summed E-state index contributed by atoms with van der Waals surface area (Å²) in [5.74, 6) is 0.195. The fourth-order valence-electron chi connectivity index (χ4n) is 8.29. The summed E-state index contributed by atoms with van der Waals surface area (Å²) in [5, 5.41) is 42.7. The third-order valence-corrected chi connectivity index (χ3v) is 12.6. The van der Waals surface area contributed by atoms with Crippen LogP contribution in [0.25, 0.3) is 11.0 Å². The SMILES string of the molecule is CC.CC.CC.CC.NCC1CCC(C(=O)O)CC1.O=[C-]C1CCC(CNc2ccccc2[N+](=O)[O-])CC1.O=[C-]C1CCC(Cn2c(=O)[nH]c3ccccc32)CC1.O=[N+]([O-])c1ccccc1F.O=[N+]([O-])c1cccnc1Cl.[Y].[Y]. The number of pyridine rings is 1. The normalized spacial score (nSPS) is 18.2. The van der Waals surface area contributed by atoms with Gasteiger partial charge in [-0.3, -0.25) is 52.3 Å². The topological polar surface area (TPSA) is 290 Å². The number of aromatic amines is 1. The molecular formula is C56H80ClFN8O11Y2-2. The Morgan fingerprint density at radius 3 is 1.57 bits per heavy atom. The van der Waals surface area contributed by atoms with Crippen LogP contribution in [0.5, 0.6) is 0 Å². The Bertz CT molecular complexity index is 2480. The molecular weight excluding hydrogens is 1190 g/mol. The average Bonchev–Trinajstić information content (AvgIpc) is 3.79. The molecule has 2 heterocycles. The fraction of sp³-hybridized carbons (Fsp3) is 0.518. The number of hydrogen-bond donors (Lipinski definition) is 4. The summed E-state index contributed by atoms with van der Waals surface area (Å²) in [6.07, 6.45) is 16.7. The van der Waals surface area contributed by atoms with Crippen molar-refractivity contribution >= 4 is 63.9 Å². The predicted octanol–water partition coefficient (Wildman–Crippen LogP) is 13.5. The molecule has 2 aromatic heterocycles. The minimum absolute atomic E-state index is 0. The first-order valence-corrected chi connectivity index (χ1v) is 27.0. The number of nitro benzene ring substituents is 2. The van der Waals surface area contributed by atoms with Crippen LogP contribution in [0.1, 0.15) is 132 Å². The van der Waals surface area contributed by atoms with Gasteiger partial charge in [0.15, 0.2) is 0 Å². The maximum absolute atomic E-state index is 12.4. The number of aliphatic carboxylic acids is 1. The number of nitrogens with one attached hydrogen (secondary N) is 2. The number of carboxylic acids is 1. The van der Waals surface area contributed by atoms with Gasteiger partial charge in [0, 0.05) is 103 Å². The summed E-state index contributed by atoms with van der Waals surface area (Å²) in [6, 6.07) is 22.2. The van der Waals surface area contributed by atoms with E-state index in [-0.39, 0.29) is 110 Å². The molecule has 5 N–H and O–H groups in total. The van der Waals surface area contributed by atoms with Crippen LogP contribution in [0.15, 0.2) is 95.9 Å². The second kappa shape index (κ2) is 47.0. The van der Waals surface area contributed by atoms with Crippen molar-refractivity contribution in [3.63, 3.8) is 0 Å². The van der Waals surface area contributed by atoms with Gasteiger partial charge in [0.1, 0.15) is 5.69 Å². The molecule has 19 nitrogen and oxygen atoms in total.